The molecule has 3 rings (SSSR count). The van der Waals surface area contributed by atoms with E-state index in [-0.39, 0.29) is 6.61 Å². The van der Waals surface area contributed by atoms with Crippen LogP contribution in [0, 0.1) is 0 Å². The summed E-state index contributed by atoms with van der Waals surface area (Å²) in [5, 5.41) is 0.401. The minimum absolute atomic E-state index is 0.215. The molecule has 0 saturated heterocycles. The predicted octanol–water partition coefficient (Wildman–Crippen LogP) is 4.87. The first-order chi connectivity index (χ1) is 12.1. The van der Waals surface area contributed by atoms with Crippen molar-refractivity contribution < 1.29 is 9.53 Å². The Morgan fingerprint density at radius 2 is 1.48 bits per heavy atom. The molecule has 0 fully saturated rings. The average molecular weight is 352 g/mol. The molecule has 0 bridgehead atoms. The molecule has 2 N–H and O–H groups in total. The zero-order valence-electron chi connectivity index (χ0n) is 13.6. The number of ether oxygens (including phenoxy) is 1. The second-order valence-corrected chi connectivity index (χ2v) is 6.10. The van der Waals surface area contributed by atoms with Crippen molar-refractivity contribution in [2.45, 2.75) is 13.0 Å². The molecule has 0 radical (unpaired) electrons. The summed E-state index contributed by atoms with van der Waals surface area (Å²) in [6.07, 6.45) is 0.514. The molecule has 0 spiro atoms. The number of carbonyl (C=O) groups excluding carboxylic acids is 1. The summed E-state index contributed by atoms with van der Waals surface area (Å²) in [7, 11) is 0. The topological polar surface area (TPSA) is 52.3 Å². The lowest BCUT2D eigenvalue weighted by Crippen LogP contribution is -2.10. The van der Waals surface area contributed by atoms with Crippen LogP contribution < -0.4 is 5.73 Å². The van der Waals surface area contributed by atoms with Gasteiger partial charge in [-0.2, -0.15) is 0 Å². The molecule has 3 nitrogen and oxygen atoms in total. The van der Waals surface area contributed by atoms with E-state index in [1.165, 1.54) is 0 Å². The van der Waals surface area contributed by atoms with Gasteiger partial charge in [-0.05, 0) is 35.2 Å². The number of benzene rings is 3. The maximum atomic E-state index is 12.6. The highest BCUT2D eigenvalue weighted by Crippen LogP contribution is 2.29. The van der Waals surface area contributed by atoms with Gasteiger partial charge in [0.2, 0.25) is 0 Å². The molecule has 0 saturated carbocycles. The van der Waals surface area contributed by atoms with Gasteiger partial charge in [0, 0.05) is 0 Å². The fourth-order valence-corrected chi connectivity index (χ4v) is 2.84. The molecule has 0 heterocycles. The quantitative estimate of drug-likeness (QED) is 0.527. The first kappa shape index (κ1) is 17.1. The molecule has 4 heteroatoms. The van der Waals surface area contributed by atoms with Gasteiger partial charge in [0.1, 0.15) is 6.61 Å². The highest BCUT2D eigenvalue weighted by atomic mass is 35.5. The van der Waals surface area contributed by atoms with E-state index in [1.807, 2.05) is 60.7 Å². The van der Waals surface area contributed by atoms with Crippen molar-refractivity contribution in [1.29, 1.82) is 0 Å². The summed E-state index contributed by atoms with van der Waals surface area (Å²) in [6, 6.07) is 22.7. The Morgan fingerprint density at radius 3 is 2.12 bits per heavy atom. The van der Waals surface area contributed by atoms with E-state index in [4.69, 9.17) is 22.1 Å². The first-order valence-corrected chi connectivity index (χ1v) is 8.35. The molecule has 3 aromatic carbocycles. The van der Waals surface area contributed by atoms with Crippen molar-refractivity contribution in [3.05, 3.63) is 100 Å². The number of carbonyl (C=O) groups is 1. The Kier molecular flexibility index (Phi) is 5.36. The van der Waals surface area contributed by atoms with Gasteiger partial charge in [-0.3, -0.25) is 0 Å². The van der Waals surface area contributed by atoms with Crippen molar-refractivity contribution in [2.24, 2.45) is 0 Å². The van der Waals surface area contributed by atoms with Gasteiger partial charge in [-0.15, -0.1) is 0 Å². The lowest BCUT2D eigenvalue weighted by Gasteiger charge is -2.13. The normalized spacial score (nSPS) is 10.4. The van der Waals surface area contributed by atoms with E-state index in [1.54, 1.807) is 12.1 Å². The molecule has 126 valence electrons. The number of esters is 1. The number of nitrogens with two attached hydrogens (primary N) is 1. The Balaban J connectivity index is 1.85. The van der Waals surface area contributed by atoms with Crippen molar-refractivity contribution in [3.8, 4) is 0 Å². The molecule has 0 amide bonds. The Morgan fingerprint density at radius 1 is 0.880 bits per heavy atom. The van der Waals surface area contributed by atoms with E-state index in [0.29, 0.717) is 28.3 Å². The van der Waals surface area contributed by atoms with Gasteiger partial charge in [-0.25, -0.2) is 4.79 Å². The van der Waals surface area contributed by atoms with Gasteiger partial charge >= 0.3 is 5.97 Å². The van der Waals surface area contributed by atoms with Crippen molar-refractivity contribution in [2.75, 3.05) is 5.73 Å². The fraction of sp³-hybridized carbons (Fsp3) is 0.0952. The third-order valence-corrected chi connectivity index (χ3v) is 4.38. The molecule has 0 unspecified atom stereocenters. The molecule has 0 atom stereocenters. The van der Waals surface area contributed by atoms with E-state index >= 15 is 0 Å². The molecule has 25 heavy (non-hydrogen) atoms. The summed E-state index contributed by atoms with van der Waals surface area (Å²) in [5.41, 5.74) is 9.49. The van der Waals surface area contributed by atoms with E-state index in [9.17, 15) is 4.79 Å². The van der Waals surface area contributed by atoms with Crippen LogP contribution in [0.5, 0.6) is 0 Å². The molecule has 0 aromatic heterocycles. The van der Waals surface area contributed by atoms with Crippen LogP contribution in [-0.2, 0) is 17.8 Å². The van der Waals surface area contributed by atoms with Crippen LogP contribution in [0.4, 0.5) is 5.69 Å². The Labute approximate surface area is 152 Å². The van der Waals surface area contributed by atoms with Crippen LogP contribution >= 0.6 is 11.6 Å². The van der Waals surface area contributed by atoms with Crippen LogP contribution in [0.25, 0.3) is 0 Å². The zero-order chi connectivity index (χ0) is 17.6. The Bertz CT molecular complexity index is 864. The monoisotopic (exact) mass is 351 g/mol. The first-order valence-electron chi connectivity index (χ1n) is 7.97. The second-order valence-electron chi connectivity index (χ2n) is 5.72. The predicted molar refractivity (Wildman–Crippen MR) is 101 cm³/mol. The van der Waals surface area contributed by atoms with Crippen molar-refractivity contribution >= 4 is 23.3 Å². The van der Waals surface area contributed by atoms with E-state index < -0.39 is 5.97 Å². The number of nitrogen functional groups attached to an aromatic ring is 1. The third kappa shape index (κ3) is 4.20. The van der Waals surface area contributed by atoms with Gasteiger partial charge in [0.15, 0.2) is 0 Å². The van der Waals surface area contributed by atoms with Gasteiger partial charge in [0.05, 0.1) is 16.3 Å². The number of hydrogen-bond donors (Lipinski definition) is 1. The van der Waals surface area contributed by atoms with Crippen LogP contribution in [0.15, 0.2) is 72.8 Å². The number of rotatable bonds is 5. The molecule has 0 aliphatic rings. The number of hydrogen-bond acceptors (Lipinski definition) is 3. The zero-order valence-corrected chi connectivity index (χ0v) is 14.4. The highest BCUT2D eigenvalue weighted by Gasteiger charge is 2.18. The largest absolute Gasteiger partial charge is 0.457 e. The fourth-order valence-electron chi connectivity index (χ4n) is 2.60. The Hall–Kier alpha value is -2.78. The molecule has 0 aliphatic heterocycles. The average Bonchev–Trinajstić information content (AvgIpc) is 2.65. The smallest absolute Gasteiger partial charge is 0.338 e. The lowest BCUT2D eigenvalue weighted by atomic mass is 9.99. The third-order valence-electron chi connectivity index (χ3n) is 3.93. The lowest BCUT2D eigenvalue weighted by molar-refractivity contribution is 0.0471. The summed E-state index contributed by atoms with van der Waals surface area (Å²) in [5.74, 6) is -0.406. The van der Waals surface area contributed by atoms with Crippen molar-refractivity contribution in [3.63, 3.8) is 0 Å². The van der Waals surface area contributed by atoms with Crippen LogP contribution in [0.3, 0.4) is 0 Å². The minimum Gasteiger partial charge on any atom is -0.457 e. The molecular weight excluding hydrogens is 334 g/mol. The second kappa shape index (κ2) is 7.86. The summed E-state index contributed by atoms with van der Waals surface area (Å²) in [4.78, 5) is 12.6. The number of anilines is 1. The molecule has 3 aromatic rings. The SMILES string of the molecule is Nc1ccc(C(=O)OCc2ccccc2)c(Cc2ccccc2)c1Cl. The summed E-state index contributed by atoms with van der Waals surface area (Å²) >= 11 is 6.38. The highest BCUT2D eigenvalue weighted by molar-refractivity contribution is 6.34. The molecule has 0 aliphatic carbocycles. The van der Waals surface area contributed by atoms with Gasteiger partial charge in [0.25, 0.3) is 0 Å². The molecular formula is C21H18ClNO2. The minimum atomic E-state index is -0.406. The van der Waals surface area contributed by atoms with E-state index in [2.05, 4.69) is 0 Å². The number of halogens is 1. The van der Waals surface area contributed by atoms with E-state index in [0.717, 1.165) is 11.1 Å². The van der Waals surface area contributed by atoms with Crippen LogP contribution in [-0.4, -0.2) is 5.97 Å². The standard InChI is InChI=1S/C21H18ClNO2/c22-20-18(13-15-7-3-1-4-8-15)17(11-12-19(20)23)21(24)25-14-16-9-5-2-6-10-16/h1-12H,13-14,23H2. The van der Waals surface area contributed by atoms with Crippen LogP contribution in [0.1, 0.15) is 27.0 Å². The summed E-state index contributed by atoms with van der Waals surface area (Å²) < 4.78 is 5.45. The van der Waals surface area contributed by atoms with Gasteiger partial charge < -0.3 is 10.5 Å². The van der Waals surface area contributed by atoms with Crippen molar-refractivity contribution in [1.82, 2.24) is 0 Å². The maximum Gasteiger partial charge on any atom is 0.338 e. The van der Waals surface area contributed by atoms with Gasteiger partial charge in [-0.1, -0.05) is 72.3 Å². The van der Waals surface area contributed by atoms with Crippen LogP contribution in [0.2, 0.25) is 5.02 Å². The maximum absolute atomic E-state index is 12.6. The summed E-state index contributed by atoms with van der Waals surface area (Å²) in [6.45, 7) is 0.215.